The van der Waals surface area contributed by atoms with Crippen LogP contribution in [-0.4, -0.2) is 72.4 Å². The number of nitrogens with one attached hydrogen (secondary N) is 3. The smallest absolute Gasteiger partial charge is 0.475 e. The Morgan fingerprint density at radius 1 is 1.12 bits per heavy atom. The van der Waals surface area contributed by atoms with Gasteiger partial charge in [0, 0.05) is 34.3 Å². The number of hydrogen-bond acceptors (Lipinski definition) is 10. The number of carboxylic acids is 1. The van der Waals surface area contributed by atoms with E-state index in [2.05, 4.69) is 46.2 Å². The number of rotatable bonds is 5. The number of halogens is 4. The number of anilines is 2. The van der Waals surface area contributed by atoms with Crippen LogP contribution in [0.1, 0.15) is 48.8 Å². The number of benzene rings is 2. The lowest BCUT2D eigenvalue weighted by Gasteiger charge is -2.21. The number of hydrogen-bond donors (Lipinski definition) is 4. The highest BCUT2D eigenvalue weighted by atomic mass is 35.5. The summed E-state index contributed by atoms with van der Waals surface area (Å²) in [5.74, 6) is -2.77. The minimum atomic E-state index is -5.08. The molecule has 19 heteroatoms. The lowest BCUT2D eigenvalue weighted by atomic mass is 10.0. The number of carboxylic acid groups (broad SMARTS) is 1. The van der Waals surface area contributed by atoms with Crippen LogP contribution in [0, 0.1) is 6.92 Å². The molecule has 0 spiro atoms. The van der Waals surface area contributed by atoms with Crippen LogP contribution in [0.25, 0.3) is 23.0 Å². The van der Waals surface area contributed by atoms with Crippen molar-refractivity contribution >= 4 is 52.9 Å². The molecule has 50 heavy (non-hydrogen) atoms. The summed E-state index contributed by atoms with van der Waals surface area (Å²) in [4.78, 5) is 55.9. The van der Waals surface area contributed by atoms with Crippen molar-refractivity contribution in [3.63, 3.8) is 0 Å². The van der Waals surface area contributed by atoms with E-state index in [0.717, 1.165) is 0 Å². The molecule has 0 saturated heterocycles. The van der Waals surface area contributed by atoms with Crippen LogP contribution in [0.3, 0.4) is 0 Å². The molecule has 4 N–H and O–H groups in total. The third kappa shape index (κ3) is 10.3. The zero-order chi connectivity index (χ0) is 36.4. The molecule has 0 aliphatic carbocycles. The van der Waals surface area contributed by atoms with E-state index in [-0.39, 0.29) is 18.2 Å². The van der Waals surface area contributed by atoms with Gasteiger partial charge in [-0.1, -0.05) is 18.0 Å². The van der Waals surface area contributed by atoms with Crippen LogP contribution in [0.5, 0.6) is 0 Å². The second-order valence-electron chi connectivity index (χ2n) is 10.6. The van der Waals surface area contributed by atoms with Crippen molar-refractivity contribution in [3.05, 3.63) is 77.0 Å². The topological polar surface area (TPSA) is 203 Å². The van der Waals surface area contributed by atoms with Crippen molar-refractivity contribution in [2.45, 2.75) is 44.8 Å². The lowest BCUT2D eigenvalue weighted by Crippen LogP contribution is -2.28. The summed E-state index contributed by atoms with van der Waals surface area (Å²) >= 11 is 6.21. The second-order valence-corrected chi connectivity index (χ2v) is 11.0. The van der Waals surface area contributed by atoms with Crippen LogP contribution >= 0.6 is 11.6 Å². The number of methoxy groups -OCH3 is 1. The van der Waals surface area contributed by atoms with E-state index in [0.29, 0.717) is 69.7 Å². The largest absolute Gasteiger partial charge is 0.490 e. The maximum Gasteiger partial charge on any atom is 0.490 e. The molecule has 3 amide bonds. The number of fused-ring (bicyclic) bond motifs is 4. The second kappa shape index (κ2) is 16.5. The molecule has 0 fully saturated rings. The quantitative estimate of drug-likeness (QED) is 0.196. The van der Waals surface area contributed by atoms with Crippen molar-refractivity contribution in [3.8, 4) is 16.9 Å². The standard InChI is InChI=1S/C29H28ClN9O4.C2HF3O2/c1-17-32-24-15-25(33-17)22(35-28(41)12-7-18-13-19(30)8-11-26(18)39-16-31-37-38-39)5-3-4-6-27(40)36-23-14-20(9-10-21(23)24)34-29(42)43-2;3-2(4,5)1(6)7/h7-16,22H,3-6H2,1-2H3,(H,34,42)(H,35,41)(H,36,40);(H,6,7)/b12-7+;/t22-;/m0./s1. The normalized spacial score (nSPS) is 14.5. The Hall–Kier alpha value is -5.91. The highest BCUT2D eigenvalue weighted by Crippen LogP contribution is 2.33. The van der Waals surface area contributed by atoms with Gasteiger partial charge in [-0.05, 0) is 78.7 Å². The van der Waals surface area contributed by atoms with Gasteiger partial charge in [0.2, 0.25) is 11.8 Å². The van der Waals surface area contributed by atoms with Crippen molar-refractivity contribution in [1.82, 2.24) is 35.5 Å². The van der Waals surface area contributed by atoms with E-state index < -0.39 is 24.3 Å². The first-order valence-corrected chi connectivity index (χ1v) is 15.1. The number of carbonyl (C=O) groups excluding carboxylic acids is 3. The number of aromatic nitrogens is 6. The van der Waals surface area contributed by atoms with E-state index in [4.69, 9.17) is 21.5 Å². The summed E-state index contributed by atoms with van der Waals surface area (Å²) in [6.07, 6.45) is 0.896. The first-order valence-electron chi connectivity index (χ1n) is 14.7. The van der Waals surface area contributed by atoms with Gasteiger partial charge in [0.1, 0.15) is 12.2 Å². The average molecular weight is 716 g/mol. The number of ether oxygens (including phenoxy) is 1. The molecular weight excluding hydrogens is 687 g/mol. The number of tetrazole rings is 1. The Bertz CT molecular complexity index is 1910. The summed E-state index contributed by atoms with van der Waals surface area (Å²) in [5.41, 5.74) is 4.06. The van der Waals surface area contributed by atoms with Crippen LogP contribution < -0.4 is 16.0 Å². The zero-order valence-corrected chi connectivity index (χ0v) is 27.1. The molecule has 15 nitrogen and oxygen atoms in total. The molecule has 2 aromatic heterocycles. The third-order valence-corrected chi connectivity index (χ3v) is 7.16. The van der Waals surface area contributed by atoms with Crippen molar-refractivity contribution in [1.29, 1.82) is 0 Å². The van der Waals surface area contributed by atoms with Gasteiger partial charge in [-0.2, -0.15) is 17.9 Å². The summed E-state index contributed by atoms with van der Waals surface area (Å²) in [7, 11) is 1.27. The Balaban J connectivity index is 0.000000727. The van der Waals surface area contributed by atoms with Crippen LogP contribution in [0.15, 0.2) is 54.9 Å². The summed E-state index contributed by atoms with van der Waals surface area (Å²) in [6.45, 7) is 1.77. The fourth-order valence-electron chi connectivity index (χ4n) is 4.69. The molecule has 5 rings (SSSR count). The van der Waals surface area contributed by atoms with Gasteiger partial charge in [-0.25, -0.2) is 19.6 Å². The van der Waals surface area contributed by atoms with Gasteiger partial charge in [-0.15, -0.1) is 5.10 Å². The van der Waals surface area contributed by atoms with E-state index in [1.54, 1.807) is 55.5 Å². The fraction of sp³-hybridized carbons (Fsp3) is 0.258. The zero-order valence-electron chi connectivity index (χ0n) is 26.4. The van der Waals surface area contributed by atoms with Gasteiger partial charge < -0.3 is 20.5 Å². The number of aliphatic carboxylic acids is 1. The predicted octanol–water partition coefficient (Wildman–Crippen LogP) is 5.28. The maximum atomic E-state index is 13.2. The molecule has 4 aromatic rings. The summed E-state index contributed by atoms with van der Waals surface area (Å²) in [5, 5.41) is 27.5. The van der Waals surface area contributed by atoms with Gasteiger partial charge >= 0.3 is 18.2 Å². The SMILES string of the molecule is COC(=O)Nc1ccc2c(c1)NC(=O)CCCC[C@H](NC(=O)/C=C/c1cc(Cl)ccc1-n1cnnn1)c1cc-2nc(C)n1.O=C(O)C(F)(F)F. The predicted molar refractivity (Wildman–Crippen MR) is 173 cm³/mol. The molecule has 0 radical (unpaired) electrons. The molecule has 1 aliphatic rings. The minimum Gasteiger partial charge on any atom is -0.475 e. The highest BCUT2D eigenvalue weighted by Gasteiger charge is 2.38. The van der Waals surface area contributed by atoms with E-state index in [1.807, 2.05) is 0 Å². The van der Waals surface area contributed by atoms with Crippen LogP contribution in [-0.2, 0) is 19.1 Å². The molecule has 262 valence electrons. The maximum absolute atomic E-state index is 13.2. The monoisotopic (exact) mass is 715 g/mol. The third-order valence-electron chi connectivity index (χ3n) is 6.92. The van der Waals surface area contributed by atoms with Crippen molar-refractivity contribution in [2.24, 2.45) is 0 Å². The molecule has 0 saturated carbocycles. The summed E-state index contributed by atoms with van der Waals surface area (Å²) in [6, 6.07) is 11.6. The molecular formula is C31H29ClF3N9O6. The number of nitrogens with zero attached hydrogens (tertiary/aromatic N) is 6. The first-order chi connectivity index (χ1) is 23.7. The number of amides is 3. The fourth-order valence-corrected chi connectivity index (χ4v) is 4.87. The van der Waals surface area contributed by atoms with E-state index in [1.165, 1.54) is 24.2 Å². The van der Waals surface area contributed by atoms with Gasteiger partial charge in [-0.3, -0.25) is 14.9 Å². The molecule has 2 aromatic carbocycles. The molecule has 2 bridgehead atoms. The molecule has 1 atom stereocenters. The molecule has 3 heterocycles. The van der Waals surface area contributed by atoms with Crippen LogP contribution in [0.2, 0.25) is 5.02 Å². The lowest BCUT2D eigenvalue weighted by molar-refractivity contribution is -0.192. The van der Waals surface area contributed by atoms with E-state index >= 15 is 0 Å². The van der Waals surface area contributed by atoms with Gasteiger partial charge in [0.25, 0.3) is 0 Å². The molecule has 0 unspecified atom stereocenters. The van der Waals surface area contributed by atoms with Crippen LogP contribution in [0.4, 0.5) is 29.3 Å². The number of carbonyl (C=O) groups is 4. The Morgan fingerprint density at radius 2 is 1.88 bits per heavy atom. The van der Waals surface area contributed by atoms with E-state index in [9.17, 15) is 27.6 Å². The highest BCUT2D eigenvalue weighted by molar-refractivity contribution is 6.30. The number of aryl methyl sites for hydroxylation is 1. The minimum absolute atomic E-state index is 0.175. The summed E-state index contributed by atoms with van der Waals surface area (Å²) < 4.78 is 37.9. The Morgan fingerprint density at radius 3 is 2.56 bits per heavy atom. The first kappa shape index (κ1) is 36.9. The van der Waals surface area contributed by atoms with Crippen molar-refractivity contribution < 1.29 is 42.2 Å². The Labute approximate surface area is 286 Å². The number of alkyl halides is 3. The van der Waals surface area contributed by atoms with Gasteiger partial charge in [0.15, 0.2) is 0 Å². The van der Waals surface area contributed by atoms with Gasteiger partial charge in [0.05, 0.1) is 35.9 Å². The Kier molecular flexibility index (Phi) is 12.2. The average Bonchev–Trinajstić information content (AvgIpc) is 3.59. The van der Waals surface area contributed by atoms with Crippen molar-refractivity contribution in [2.75, 3.05) is 17.7 Å². The molecule has 1 aliphatic heterocycles.